The Morgan fingerprint density at radius 1 is 1.38 bits per heavy atom. The Hall–Kier alpha value is -1.75. The average molecular weight is 293 g/mol. The van der Waals surface area contributed by atoms with E-state index in [0.717, 1.165) is 19.3 Å². The van der Waals surface area contributed by atoms with E-state index in [9.17, 15) is 15.0 Å². The van der Waals surface area contributed by atoms with Gasteiger partial charge in [-0.1, -0.05) is 19.4 Å². The highest BCUT2D eigenvalue weighted by Crippen LogP contribution is 2.27. The van der Waals surface area contributed by atoms with E-state index in [2.05, 4.69) is 6.92 Å². The lowest BCUT2D eigenvalue weighted by atomic mass is 9.88. The maximum atomic E-state index is 12.0. The van der Waals surface area contributed by atoms with E-state index < -0.39 is 12.0 Å². The van der Waals surface area contributed by atoms with Crippen LogP contribution in [0.5, 0.6) is 11.5 Å². The Labute approximate surface area is 124 Å². The Bertz CT molecular complexity index is 503. The van der Waals surface area contributed by atoms with Crippen molar-refractivity contribution in [2.24, 2.45) is 11.7 Å². The molecular weight excluding hydrogens is 270 g/mol. The van der Waals surface area contributed by atoms with E-state index in [0.29, 0.717) is 11.5 Å². The van der Waals surface area contributed by atoms with E-state index >= 15 is 0 Å². The SMILES string of the molecule is CC1CCCC(OC(=O)C(N)Cc2ccc(O)c(O)c2)C1. The second-order valence-corrected chi connectivity index (χ2v) is 5.96. The fraction of sp³-hybridized carbons (Fsp3) is 0.562. The van der Waals surface area contributed by atoms with Gasteiger partial charge in [0.1, 0.15) is 12.1 Å². The van der Waals surface area contributed by atoms with Gasteiger partial charge in [0.25, 0.3) is 0 Å². The third-order valence-corrected chi connectivity index (χ3v) is 3.97. The van der Waals surface area contributed by atoms with Crippen LogP contribution in [0.1, 0.15) is 38.2 Å². The van der Waals surface area contributed by atoms with E-state index in [4.69, 9.17) is 10.5 Å². The lowest BCUT2D eigenvalue weighted by Crippen LogP contribution is -2.37. The van der Waals surface area contributed by atoms with Crippen molar-refractivity contribution in [1.29, 1.82) is 0 Å². The monoisotopic (exact) mass is 293 g/mol. The van der Waals surface area contributed by atoms with Gasteiger partial charge in [-0.05, 0) is 49.3 Å². The number of aromatic hydroxyl groups is 2. The first-order chi connectivity index (χ1) is 9.95. The average Bonchev–Trinajstić information content (AvgIpc) is 2.43. The zero-order valence-corrected chi connectivity index (χ0v) is 12.3. The molecule has 0 heterocycles. The number of carbonyl (C=O) groups is 1. The fourth-order valence-electron chi connectivity index (χ4n) is 2.77. The summed E-state index contributed by atoms with van der Waals surface area (Å²) < 4.78 is 5.47. The summed E-state index contributed by atoms with van der Waals surface area (Å²) in [5.74, 6) is -0.219. The predicted molar refractivity (Wildman–Crippen MR) is 79.0 cm³/mol. The highest BCUT2D eigenvalue weighted by molar-refractivity contribution is 5.76. The van der Waals surface area contributed by atoms with Crippen LogP contribution in [0.2, 0.25) is 0 Å². The number of rotatable bonds is 4. The molecule has 4 N–H and O–H groups in total. The number of hydrogen-bond acceptors (Lipinski definition) is 5. The van der Waals surface area contributed by atoms with Gasteiger partial charge in [0, 0.05) is 0 Å². The Balaban J connectivity index is 1.88. The molecule has 116 valence electrons. The molecule has 0 spiro atoms. The van der Waals surface area contributed by atoms with Crippen molar-refractivity contribution in [2.75, 3.05) is 0 Å². The standard InChI is InChI=1S/C16H23NO4/c1-10-3-2-4-12(7-10)21-16(20)13(17)8-11-5-6-14(18)15(19)9-11/h5-6,9-10,12-13,18-19H,2-4,7-8,17H2,1H3. The maximum absolute atomic E-state index is 12.0. The van der Waals surface area contributed by atoms with Crippen LogP contribution < -0.4 is 5.73 Å². The summed E-state index contributed by atoms with van der Waals surface area (Å²) in [6, 6.07) is 3.66. The molecule has 3 unspecified atom stereocenters. The van der Waals surface area contributed by atoms with Crippen LogP contribution in [-0.4, -0.2) is 28.3 Å². The molecule has 3 atom stereocenters. The lowest BCUT2D eigenvalue weighted by Gasteiger charge is -2.27. The number of benzene rings is 1. The van der Waals surface area contributed by atoms with Crippen molar-refractivity contribution in [3.05, 3.63) is 23.8 Å². The van der Waals surface area contributed by atoms with Crippen LogP contribution >= 0.6 is 0 Å². The second-order valence-electron chi connectivity index (χ2n) is 5.96. The molecule has 1 aromatic rings. The van der Waals surface area contributed by atoms with Crippen molar-refractivity contribution in [2.45, 2.75) is 51.2 Å². The van der Waals surface area contributed by atoms with Gasteiger partial charge < -0.3 is 20.7 Å². The summed E-state index contributed by atoms with van der Waals surface area (Å²) in [7, 11) is 0. The topological polar surface area (TPSA) is 92.8 Å². The summed E-state index contributed by atoms with van der Waals surface area (Å²) in [6.45, 7) is 2.17. The highest BCUT2D eigenvalue weighted by atomic mass is 16.5. The molecule has 1 aromatic carbocycles. The number of esters is 1. The molecule has 1 aliphatic carbocycles. The van der Waals surface area contributed by atoms with Crippen LogP contribution in [0.15, 0.2) is 18.2 Å². The molecule has 21 heavy (non-hydrogen) atoms. The van der Waals surface area contributed by atoms with Crippen LogP contribution in [0.4, 0.5) is 0 Å². The number of ether oxygens (including phenoxy) is 1. The maximum Gasteiger partial charge on any atom is 0.323 e. The van der Waals surface area contributed by atoms with Crippen molar-refractivity contribution in [3.63, 3.8) is 0 Å². The minimum absolute atomic E-state index is 0.0273. The van der Waals surface area contributed by atoms with Crippen LogP contribution in [0.3, 0.4) is 0 Å². The Morgan fingerprint density at radius 3 is 2.81 bits per heavy atom. The summed E-state index contributed by atoms with van der Waals surface area (Å²) in [5.41, 5.74) is 6.56. The van der Waals surface area contributed by atoms with Crippen molar-refractivity contribution < 1.29 is 19.7 Å². The fourth-order valence-corrected chi connectivity index (χ4v) is 2.77. The number of hydrogen-bond donors (Lipinski definition) is 3. The molecule has 1 aliphatic rings. The first kappa shape index (κ1) is 15.6. The summed E-state index contributed by atoms with van der Waals surface area (Å²) in [6.07, 6.45) is 4.32. The smallest absolute Gasteiger partial charge is 0.323 e. The van der Waals surface area contributed by atoms with Crippen molar-refractivity contribution >= 4 is 5.97 Å². The van der Waals surface area contributed by atoms with Crippen molar-refractivity contribution in [3.8, 4) is 11.5 Å². The Kier molecular flexibility index (Phi) is 5.07. The molecular formula is C16H23NO4. The quantitative estimate of drug-likeness (QED) is 0.584. The van der Waals surface area contributed by atoms with Gasteiger partial charge in [-0.2, -0.15) is 0 Å². The largest absolute Gasteiger partial charge is 0.504 e. The van der Waals surface area contributed by atoms with Gasteiger partial charge >= 0.3 is 5.97 Å². The molecule has 0 amide bonds. The van der Waals surface area contributed by atoms with Gasteiger partial charge in [0.15, 0.2) is 11.5 Å². The molecule has 0 aromatic heterocycles. The third kappa shape index (κ3) is 4.36. The molecule has 0 aliphatic heterocycles. The molecule has 0 radical (unpaired) electrons. The van der Waals surface area contributed by atoms with Gasteiger partial charge in [-0.15, -0.1) is 0 Å². The zero-order chi connectivity index (χ0) is 15.4. The summed E-state index contributed by atoms with van der Waals surface area (Å²) in [5, 5.41) is 18.7. The van der Waals surface area contributed by atoms with Gasteiger partial charge in [-0.3, -0.25) is 4.79 Å². The first-order valence-electron chi connectivity index (χ1n) is 7.42. The summed E-state index contributed by atoms with van der Waals surface area (Å²) >= 11 is 0. The normalized spacial score (nSPS) is 23.5. The number of phenols is 2. The lowest BCUT2D eigenvalue weighted by molar-refractivity contribution is -0.152. The molecule has 1 fully saturated rings. The molecule has 1 saturated carbocycles. The van der Waals surface area contributed by atoms with Gasteiger partial charge in [0.05, 0.1) is 0 Å². The van der Waals surface area contributed by atoms with E-state index in [1.165, 1.54) is 18.6 Å². The predicted octanol–water partition coefficient (Wildman–Crippen LogP) is 2.09. The van der Waals surface area contributed by atoms with Crippen LogP contribution in [0.25, 0.3) is 0 Å². The van der Waals surface area contributed by atoms with E-state index in [1.54, 1.807) is 6.07 Å². The minimum Gasteiger partial charge on any atom is -0.504 e. The van der Waals surface area contributed by atoms with Crippen LogP contribution in [0, 0.1) is 5.92 Å². The molecule has 0 bridgehead atoms. The van der Waals surface area contributed by atoms with Crippen molar-refractivity contribution in [1.82, 2.24) is 0 Å². The molecule has 5 nitrogen and oxygen atoms in total. The molecule has 2 rings (SSSR count). The van der Waals surface area contributed by atoms with Gasteiger partial charge in [0.2, 0.25) is 0 Å². The van der Waals surface area contributed by atoms with Gasteiger partial charge in [-0.25, -0.2) is 0 Å². The first-order valence-corrected chi connectivity index (χ1v) is 7.42. The third-order valence-electron chi connectivity index (χ3n) is 3.97. The zero-order valence-electron chi connectivity index (χ0n) is 12.3. The van der Waals surface area contributed by atoms with Crippen LogP contribution in [-0.2, 0) is 16.0 Å². The minimum atomic E-state index is -0.758. The number of carbonyl (C=O) groups excluding carboxylic acids is 1. The van der Waals surface area contributed by atoms with E-state index in [1.807, 2.05) is 0 Å². The Morgan fingerprint density at radius 2 is 2.14 bits per heavy atom. The molecule has 0 saturated heterocycles. The number of nitrogens with two attached hydrogens (primary N) is 1. The second kappa shape index (κ2) is 6.80. The number of phenolic OH excluding ortho intramolecular Hbond substituents is 2. The highest BCUT2D eigenvalue weighted by Gasteiger charge is 2.25. The summed E-state index contributed by atoms with van der Waals surface area (Å²) in [4.78, 5) is 12.0. The molecule has 5 heteroatoms. The van der Waals surface area contributed by atoms with E-state index in [-0.39, 0.29) is 24.0 Å².